The molecule has 1 aliphatic heterocycles. The highest BCUT2D eigenvalue weighted by molar-refractivity contribution is 7.20. The number of pyridine rings is 1. The molecule has 3 aromatic rings. The van der Waals surface area contributed by atoms with Crippen LogP contribution in [0.3, 0.4) is 0 Å². The van der Waals surface area contributed by atoms with Crippen LogP contribution in [0.4, 0.5) is 11.6 Å². The van der Waals surface area contributed by atoms with Crippen molar-refractivity contribution in [1.82, 2.24) is 15.0 Å². The lowest BCUT2D eigenvalue weighted by Gasteiger charge is -2.36. The van der Waals surface area contributed by atoms with Crippen LogP contribution in [0.15, 0.2) is 18.3 Å². The molecule has 3 aromatic heterocycles. The Morgan fingerprint density at radius 1 is 1.17 bits per heavy atom. The molecule has 9 heteroatoms. The van der Waals surface area contributed by atoms with Gasteiger partial charge in [-0.2, -0.15) is 0 Å². The SMILES string of the molecule is CCOC(=O)c1sc2nc(C)nc(N3CCN(c4ncccc4Cl)CC3)c2c1C. The van der Waals surface area contributed by atoms with Gasteiger partial charge in [0.1, 0.15) is 27.2 Å². The van der Waals surface area contributed by atoms with Crippen LogP contribution in [0.25, 0.3) is 10.2 Å². The lowest BCUT2D eigenvalue weighted by atomic mass is 10.1. The molecule has 0 radical (unpaired) electrons. The third kappa shape index (κ3) is 3.74. The molecule has 7 nitrogen and oxygen atoms in total. The van der Waals surface area contributed by atoms with Crippen LogP contribution in [0, 0.1) is 13.8 Å². The van der Waals surface area contributed by atoms with Gasteiger partial charge in [0.15, 0.2) is 0 Å². The van der Waals surface area contributed by atoms with Crippen LogP contribution in [0.1, 0.15) is 28.0 Å². The second kappa shape index (κ2) is 8.12. The van der Waals surface area contributed by atoms with Gasteiger partial charge in [0.2, 0.25) is 0 Å². The van der Waals surface area contributed by atoms with Gasteiger partial charge in [-0.1, -0.05) is 11.6 Å². The molecule has 1 fully saturated rings. The number of carbonyl (C=O) groups is 1. The van der Waals surface area contributed by atoms with Gasteiger partial charge in [0, 0.05) is 32.4 Å². The molecule has 0 atom stereocenters. The highest BCUT2D eigenvalue weighted by Crippen LogP contribution is 2.36. The molecule has 0 spiro atoms. The Bertz CT molecular complexity index is 1060. The number of aryl methyl sites for hydroxylation is 2. The minimum absolute atomic E-state index is 0.300. The summed E-state index contributed by atoms with van der Waals surface area (Å²) >= 11 is 7.68. The quantitative estimate of drug-likeness (QED) is 0.581. The summed E-state index contributed by atoms with van der Waals surface area (Å²) in [5, 5.41) is 1.60. The highest BCUT2D eigenvalue weighted by atomic mass is 35.5. The molecular formula is C20H22ClN5O2S. The van der Waals surface area contributed by atoms with Gasteiger partial charge >= 0.3 is 5.97 Å². The number of nitrogens with zero attached hydrogens (tertiary/aromatic N) is 5. The fourth-order valence-corrected chi connectivity index (χ4v) is 4.94. The third-order valence-electron chi connectivity index (χ3n) is 4.96. The molecule has 4 rings (SSSR count). The maximum absolute atomic E-state index is 12.3. The van der Waals surface area contributed by atoms with Crippen molar-refractivity contribution in [2.75, 3.05) is 42.6 Å². The molecule has 29 heavy (non-hydrogen) atoms. The number of hydrogen-bond acceptors (Lipinski definition) is 8. The van der Waals surface area contributed by atoms with Crippen LogP contribution in [-0.4, -0.2) is 53.7 Å². The minimum atomic E-state index is -0.300. The number of anilines is 2. The van der Waals surface area contributed by atoms with Gasteiger partial charge in [-0.05, 0) is 38.5 Å². The first-order chi connectivity index (χ1) is 14.0. The fraction of sp³-hybridized carbons (Fsp3) is 0.400. The molecule has 0 aliphatic carbocycles. The summed E-state index contributed by atoms with van der Waals surface area (Å²) in [5.74, 6) is 2.09. The van der Waals surface area contributed by atoms with Gasteiger partial charge in [0.05, 0.1) is 17.0 Å². The van der Waals surface area contributed by atoms with E-state index in [2.05, 4.69) is 19.8 Å². The summed E-state index contributed by atoms with van der Waals surface area (Å²) in [7, 11) is 0. The fourth-order valence-electron chi connectivity index (χ4n) is 3.58. The standard InChI is InChI=1S/C20H22ClN5O2S/c1-4-28-20(27)16-12(2)15-18(23-13(3)24-19(15)29-16)26-10-8-25(9-11-26)17-14(21)6-5-7-22-17/h5-7H,4,8-11H2,1-3H3. The summed E-state index contributed by atoms with van der Waals surface area (Å²) in [4.78, 5) is 31.9. The summed E-state index contributed by atoms with van der Waals surface area (Å²) in [6, 6.07) is 3.70. The zero-order chi connectivity index (χ0) is 20.5. The molecule has 0 aromatic carbocycles. The first-order valence-electron chi connectivity index (χ1n) is 9.54. The van der Waals surface area contributed by atoms with Crippen LogP contribution in [-0.2, 0) is 4.74 Å². The third-order valence-corrected chi connectivity index (χ3v) is 6.42. The van der Waals surface area contributed by atoms with Gasteiger partial charge in [-0.3, -0.25) is 0 Å². The molecule has 4 heterocycles. The largest absolute Gasteiger partial charge is 0.462 e. The number of piperazine rings is 1. The van der Waals surface area contributed by atoms with Crippen molar-refractivity contribution in [1.29, 1.82) is 0 Å². The Kier molecular flexibility index (Phi) is 5.56. The average Bonchev–Trinajstić information content (AvgIpc) is 3.04. The number of thiophene rings is 1. The number of fused-ring (bicyclic) bond motifs is 1. The van der Waals surface area contributed by atoms with Crippen molar-refractivity contribution in [3.8, 4) is 0 Å². The van der Waals surface area contributed by atoms with E-state index in [-0.39, 0.29) is 5.97 Å². The molecule has 0 bridgehead atoms. The number of halogens is 1. The van der Waals surface area contributed by atoms with Crippen LogP contribution >= 0.6 is 22.9 Å². The van der Waals surface area contributed by atoms with Crippen molar-refractivity contribution in [2.45, 2.75) is 20.8 Å². The van der Waals surface area contributed by atoms with Gasteiger partial charge < -0.3 is 14.5 Å². The molecular weight excluding hydrogens is 410 g/mol. The smallest absolute Gasteiger partial charge is 0.348 e. The number of aromatic nitrogens is 3. The monoisotopic (exact) mass is 431 g/mol. The van der Waals surface area contributed by atoms with E-state index in [9.17, 15) is 4.79 Å². The lowest BCUT2D eigenvalue weighted by molar-refractivity contribution is 0.0531. The number of carbonyl (C=O) groups excluding carboxylic acids is 1. The summed E-state index contributed by atoms with van der Waals surface area (Å²) < 4.78 is 5.21. The number of rotatable bonds is 4. The summed E-state index contributed by atoms with van der Waals surface area (Å²) in [6.45, 7) is 9.11. The second-order valence-corrected chi connectivity index (χ2v) is 8.24. The zero-order valence-corrected chi connectivity index (χ0v) is 18.2. The maximum Gasteiger partial charge on any atom is 0.348 e. The minimum Gasteiger partial charge on any atom is -0.462 e. The predicted molar refractivity (Wildman–Crippen MR) is 117 cm³/mol. The van der Waals surface area contributed by atoms with Crippen molar-refractivity contribution in [2.24, 2.45) is 0 Å². The molecule has 1 saturated heterocycles. The summed E-state index contributed by atoms with van der Waals surface area (Å²) in [6.07, 6.45) is 1.76. The second-order valence-electron chi connectivity index (χ2n) is 6.83. The Labute approximate surface area is 178 Å². The van der Waals surface area contributed by atoms with Crippen molar-refractivity contribution in [3.05, 3.63) is 39.6 Å². The van der Waals surface area contributed by atoms with Crippen molar-refractivity contribution < 1.29 is 9.53 Å². The maximum atomic E-state index is 12.3. The molecule has 0 unspecified atom stereocenters. The first-order valence-corrected chi connectivity index (χ1v) is 10.7. The van der Waals surface area contributed by atoms with E-state index < -0.39 is 0 Å². The van der Waals surface area contributed by atoms with E-state index in [4.69, 9.17) is 21.3 Å². The Morgan fingerprint density at radius 3 is 2.52 bits per heavy atom. The van der Waals surface area contributed by atoms with E-state index in [0.717, 1.165) is 53.6 Å². The Morgan fingerprint density at radius 2 is 1.86 bits per heavy atom. The molecule has 0 amide bonds. The summed E-state index contributed by atoms with van der Waals surface area (Å²) in [5.41, 5.74) is 0.883. The topological polar surface area (TPSA) is 71.5 Å². The normalized spacial score (nSPS) is 14.5. The Hall–Kier alpha value is -2.45. The Balaban J connectivity index is 1.64. The van der Waals surface area contributed by atoms with E-state index >= 15 is 0 Å². The van der Waals surface area contributed by atoms with Crippen LogP contribution in [0.5, 0.6) is 0 Å². The number of esters is 1. The van der Waals surface area contributed by atoms with E-state index in [1.807, 2.05) is 32.9 Å². The highest BCUT2D eigenvalue weighted by Gasteiger charge is 2.26. The van der Waals surface area contributed by atoms with Crippen molar-refractivity contribution in [3.63, 3.8) is 0 Å². The molecule has 152 valence electrons. The molecule has 0 saturated carbocycles. The van der Waals surface area contributed by atoms with Crippen LogP contribution in [0.2, 0.25) is 5.02 Å². The molecule has 0 N–H and O–H groups in total. The first kappa shape index (κ1) is 19.8. The van der Waals surface area contributed by atoms with Gasteiger partial charge in [-0.15, -0.1) is 11.3 Å². The van der Waals surface area contributed by atoms with Gasteiger partial charge in [-0.25, -0.2) is 19.7 Å². The lowest BCUT2D eigenvalue weighted by Crippen LogP contribution is -2.47. The van der Waals surface area contributed by atoms with E-state index in [1.165, 1.54) is 11.3 Å². The van der Waals surface area contributed by atoms with Crippen LogP contribution < -0.4 is 9.80 Å². The predicted octanol–water partition coefficient (Wildman–Crippen LogP) is 3.86. The van der Waals surface area contributed by atoms with Crippen molar-refractivity contribution >= 4 is 50.8 Å². The zero-order valence-electron chi connectivity index (χ0n) is 16.6. The van der Waals surface area contributed by atoms with E-state index in [0.29, 0.717) is 22.3 Å². The average molecular weight is 432 g/mol. The van der Waals surface area contributed by atoms with Gasteiger partial charge in [0.25, 0.3) is 0 Å². The number of hydrogen-bond donors (Lipinski definition) is 0. The molecule has 1 aliphatic rings. The van der Waals surface area contributed by atoms with E-state index in [1.54, 1.807) is 6.20 Å². The number of ether oxygens (including phenoxy) is 1.